The normalized spacial score (nSPS) is 18.1. The highest BCUT2D eigenvalue weighted by molar-refractivity contribution is 5.70. The number of aliphatic carboxylic acids is 1. The molecule has 2 saturated heterocycles. The van der Waals surface area contributed by atoms with Crippen molar-refractivity contribution in [2.24, 2.45) is 5.92 Å². The van der Waals surface area contributed by atoms with E-state index in [4.69, 9.17) is 25.5 Å². The van der Waals surface area contributed by atoms with E-state index < -0.39 is 5.97 Å². The second-order valence-corrected chi connectivity index (χ2v) is 7.84. The van der Waals surface area contributed by atoms with Crippen molar-refractivity contribution in [3.63, 3.8) is 0 Å². The van der Waals surface area contributed by atoms with Crippen molar-refractivity contribution >= 4 is 30.0 Å². The zero-order valence-corrected chi connectivity index (χ0v) is 17.9. The van der Waals surface area contributed by atoms with Gasteiger partial charge in [-0.15, -0.1) is 0 Å². The lowest BCUT2D eigenvalue weighted by molar-refractivity contribution is -0.136. The SMILES string of the molecule is Nc1nc(N2CCOCC2)cc(N2CCC(Cc3ccc(CC(=O)O)cc3)C2)n1.O=CO. The number of ether oxygens (including phenoxy) is 1. The Morgan fingerprint density at radius 3 is 2.31 bits per heavy atom. The summed E-state index contributed by atoms with van der Waals surface area (Å²) >= 11 is 0. The summed E-state index contributed by atoms with van der Waals surface area (Å²) in [5.74, 6) is 1.79. The number of morpholine rings is 1. The molecule has 1 unspecified atom stereocenters. The van der Waals surface area contributed by atoms with Crippen LogP contribution in [-0.2, 0) is 27.2 Å². The molecule has 0 saturated carbocycles. The summed E-state index contributed by atoms with van der Waals surface area (Å²) in [5.41, 5.74) is 8.06. The molecule has 1 aromatic heterocycles. The Labute approximate surface area is 186 Å². The van der Waals surface area contributed by atoms with Gasteiger partial charge in [-0.05, 0) is 29.9 Å². The van der Waals surface area contributed by atoms with Crippen LogP contribution in [-0.4, -0.2) is 72.0 Å². The lowest BCUT2D eigenvalue weighted by Crippen LogP contribution is -2.37. The lowest BCUT2D eigenvalue weighted by atomic mass is 9.97. The molecule has 172 valence electrons. The number of carboxylic acids is 1. The van der Waals surface area contributed by atoms with Crippen molar-refractivity contribution < 1.29 is 24.5 Å². The van der Waals surface area contributed by atoms with Crippen LogP contribution in [0.15, 0.2) is 30.3 Å². The maximum absolute atomic E-state index is 10.8. The molecule has 32 heavy (non-hydrogen) atoms. The summed E-state index contributed by atoms with van der Waals surface area (Å²) in [5, 5.41) is 15.8. The number of nitrogen functional groups attached to an aromatic ring is 1. The fraction of sp³-hybridized carbons (Fsp3) is 0.455. The molecule has 1 aromatic carbocycles. The van der Waals surface area contributed by atoms with Crippen LogP contribution in [0.1, 0.15) is 17.5 Å². The van der Waals surface area contributed by atoms with E-state index in [2.05, 4.69) is 19.8 Å². The molecule has 10 nitrogen and oxygen atoms in total. The smallest absolute Gasteiger partial charge is 0.307 e. The number of benzene rings is 1. The molecule has 0 radical (unpaired) electrons. The maximum Gasteiger partial charge on any atom is 0.307 e. The predicted octanol–water partition coefficient (Wildman–Crippen LogP) is 1.29. The molecule has 10 heteroatoms. The minimum absolute atomic E-state index is 0.0676. The van der Waals surface area contributed by atoms with Gasteiger partial charge in [-0.2, -0.15) is 9.97 Å². The first-order valence-corrected chi connectivity index (χ1v) is 10.6. The van der Waals surface area contributed by atoms with Gasteiger partial charge >= 0.3 is 5.97 Å². The molecule has 0 bridgehead atoms. The Bertz CT molecular complexity index is 902. The summed E-state index contributed by atoms with van der Waals surface area (Å²) in [6.45, 7) is 4.66. The van der Waals surface area contributed by atoms with E-state index >= 15 is 0 Å². The van der Waals surface area contributed by atoms with Gasteiger partial charge in [0, 0.05) is 32.2 Å². The number of hydrogen-bond acceptors (Lipinski definition) is 8. The molecule has 1 atom stereocenters. The van der Waals surface area contributed by atoms with Gasteiger partial charge in [0.2, 0.25) is 5.95 Å². The molecule has 0 spiro atoms. The number of rotatable bonds is 6. The topological polar surface area (TPSA) is 142 Å². The van der Waals surface area contributed by atoms with Gasteiger partial charge < -0.3 is 30.5 Å². The number of nitrogens with two attached hydrogens (primary N) is 1. The van der Waals surface area contributed by atoms with Gasteiger partial charge in [-0.3, -0.25) is 9.59 Å². The third-order valence-electron chi connectivity index (χ3n) is 5.56. The minimum atomic E-state index is -0.801. The maximum atomic E-state index is 10.8. The number of carbonyl (C=O) groups is 2. The first kappa shape index (κ1) is 23.3. The van der Waals surface area contributed by atoms with Crippen LogP contribution in [0.4, 0.5) is 17.6 Å². The Kier molecular flexibility index (Phi) is 8.20. The highest BCUT2D eigenvalue weighted by atomic mass is 16.5. The number of hydrogen-bond donors (Lipinski definition) is 3. The van der Waals surface area contributed by atoms with Gasteiger partial charge in [0.05, 0.1) is 19.6 Å². The molecule has 4 rings (SSSR count). The van der Waals surface area contributed by atoms with Crippen molar-refractivity contribution in [1.82, 2.24) is 9.97 Å². The van der Waals surface area contributed by atoms with Crippen LogP contribution < -0.4 is 15.5 Å². The fourth-order valence-electron chi connectivity index (χ4n) is 4.06. The molecule has 3 heterocycles. The highest BCUT2D eigenvalue weighted by Gasteiger charge is 2.25. The van der Waals surface area contributed by atoms with Crippen LogP contribution in [0.25, 0.3) is 0 Å². The molecule has 0 aliphatic carbocycles. The highest BCUT2D eigenvalue weighted by Crippen LogP contribution is 2.28. The van der Waals surface area contributed by atoms with Crippen LogP contribution >= 0.6 is 0 Å². The van der Waals surface area contributed by atoms with Crippen LogP contribution in [0, 0.1) is 5.92 Å². The lowest BCUT2D eigenvalue weighted by Gasteiger charge is -2.29. The molecule has 4 N–H and O–H groups in total. The van der Waals surface area contributed by atoms with Gasteiger partial charge in [0.25, 0.3) is 6.47 Å². The zero-order chi connectivity index (χ0) is 22.9. The summed E-state index contributed by atoms with van der Waals surface area (Å²) < 4.78 is 5.42. The van der Waals surface area contributed by atoms with E-state index in [0.717, 1.165) is 56.2 Å². The summed E-state index contributed by atoms with van der Waals surface area (Å²) in [7, 11) is 0. The van der Waals surface area contributed by atoms with Crippen molar-refractivity contribution in [1.29, 1.82) is 0 Å². The standard InChI is InChI=1S/C21H27N5O3.CH2O2/c22-21-23-18(25-7-9-29-10-8-25)13-19(24-21)26-6-5-17(14-26)11-15-1-3-16(4-2-15)12-20(27)28;2-1-3/h1-4,13,17H,5-12,14H2,(H,27,28)(H2,22,23,24);1H,(H,2,3). The summed E-state index contributed by atoms with van der Waals surface area (Å²) in [6, 6.07) is 9.94. The van der Waals surface area contributed by atoms with Gasteiger partial charge in [0.1, 0.15) is 11.6 Å². The average Bonchev–Trinajstić information content (AvgIpc) is 3.24. The number of anilines is 3. The minimum Gasteiger partial charge on any atom is -0.483 e. The fourth-order valence-corrected chi connectivity index (χ4v) is 4.06. The van der Waals surface area contributed by atoms with Crippen LogP contribution in [0.3, 0.4) is 0 Å². The second kappa shape index (κ2) is 11.3. The molecule has 2 aliphatic heterocycles. The zero-order valence-electron chi connectivity index (χ0n) is 17.9. The number of aromatic nitrogens is 2. The van der Waals surface area contributed by atoms with Crippen molar-refractivity contribution in [3.05, 3.63) is 41.5 Å². The third kappa shape index (κ3) is 6.55. The van der Waals surface area contributed by atoms with E-state index in [-0.39, 0.29) is 12.9 Å². The van der Waals surface area contributed by atoms with Crippen molar-refractivity contribution in [3.8, 4) is 0 Å². The van der Waals surface area contributed by atoms with Crippen molar-refractivity contribution in [2.45, 2.75) is 19.3 Å². The first-order chi connectivity index (χ1) is 15.5. The summed E-state index contributed by atoms with van der Waals surface area (Å²) in [4.78, 5) is 32.5. The van der Waals surface area contributed by atoms with Crippen molar-refractivity contribution in [2.75, 3.05) is 54.9 Å². The Balaban J connectivity index is 0.000000913. The molecular weight excluding hydrogens is 414 g/mol. The summed E-state index contributed by atoms with van der Waals surface area (Å²) in [6.07, 6.45) is 2.13. The van der Waals surface area contributed by atoms with E-state index in [1.165, 1.54) is 5.56 Å². The largest absolute Gasteiger partial charge is 0.483 e. The second-order valence-electron chi connectivity index (χ2n) is 7.84. The monoisotopic (exact) mass is 443 g/mol. The molecule has 2 aromatic rings. The van der Waals surface area contributed by atoms with E-state index in [1.807, 2.05) is 30.3 Å². The predicted molar refractivity (Wildman–Crippen MR) is 120 cm³/mol. The van der Waals surface area contributed by atoms with Gasteiger partial charge in [0.15, 0.2) is 0 Å². The Morgan fingerprint density at radius 1 is 1.09 bits per heavy atom. The number of carboxylic acid groups (broad SMARTS) is 2. The molecular formula is C22H29N5O5. The van der Waals surface area contributed by atoms with E-state index in [0.29, 0.717) is 25.1 Å². The first-order valence-electron chi connectivity index (χ1n) is 10.6. The van der Waals surface area contributed by atoms with Crippen LogP contribution in [0.2, 0.25) is 0 Å². The van der Waals surface area contributed by atoms with Gasteiger partial charge in [-0.1, -0.05) is 24.3 Å². The van der Waals surface area contributed by atoms with E-state index in [9.17, 15) is 4.79 Å². The average molecular weight is 444 g/mol. The Morgan fingerprint density at radius 2 is 1.69 bits per heavy atom. The van der Waals surface area contributed by atoms with E-state index in [1.54, 1.807) is 0 Å². The molecule has 2 fully saturated rings. The van der Waals surface area contributed by atoms with Crippen LogP contribution in [0.5, 0.6) is 0 Å². The number of nitrogens with zero attached hydrogens (tertiary/aromatic N) is 4. The molecule has 0 amide bonds. The molecule has 2 aliphatic rings. The Hall–Kier alpha value is -3.40. The van der Waals surface area contributed by atoms with Gasteiger partial charge in [-0.25, -0.2) is 0 Å². The third-order valence-corrected chi connectivity index (χ3v) is 5.56. The quantitative estimate of drug-likeness (QED) is 0.559.